The first kappa shape index (κ1) is 9.16. The summed E-state index contributed by atoms with van der Waals surface area (Å²) in [6.45, 7) is 0. The normalized spacial score (nSPS) is 16.4. The third-order valence-electron chi connectivity index (χ3n) is 2.17. The van der Waals surface area contributed by atoms with Crippen LogP contribution < -0.4 is 0 Å². The van der Waals surface area contributed by atoms with Crippen LogP contribution in [0.1, 0.15) is 18.4 Å². The van der Waals surface area contributed by atoms with Gasteiger partial charge in [-0.25, -0.2) is 0 Å². The molecule has 1 aliphatic carbocycles. The van der Waals surface area contributed by atoms with Crippen LogP contribution >= 0.6 is 27.3 Å². The average molecular weight is 257 g/mol. The van der Waals surface area contributed by atoms with E-state index in [1.807, 2.05) is 0 Å². The van der Waals surface area contributed by atoms with Crippen LogP contribution in [0.5, 0.6) is 0 Å². The molecule has 0 aliphatic heterocycles. The van der Waals surface area contributed by atoms with E-state index in [4.69, 9.17) is 0 Å². The van der Waals surface area contributed by atoms with Crippen LogP contribution in [-0.4, -0.2) is 5.78 Å². The van der Waals surface area contributed by atoms with E-state index in [0.717, 1.165) is 12.8 Å². The van der Waals surface area contributed by atoms with Crippen molar-refractivity contribution in [1.29, 1.82) is 0 Å². The fraction of sp³-hybridized carbons (Fsp3) is 0.300. The lowest BCUT2D eigenvalue weighted by atomic mass is 10.1. The molecule has 1 aromatic heterocycles. The average Bonchev–Trinajstić information content (AvgIpc) is 2.64. The number of thiophene rings is 1. The van der Waals surface area contributed by atoms with Gasteiger partial charge in [-0.2, -0.15) is 0 Å². The summed E-state index contributed by atoms with van der Waals surface area (Å²) >= 11 is 5.19. The fourth-order valence-corrected chi connectivity index (χ4v) is 2.72. The van der Waals surface area contributed by atoms with Crippen molar-refractivity contribution < 1.29 is 4.79 Å². The molecule has 0 aromatic carbocycles. The van der Waals surface area contributed by atoms with Crippen molar-refractivity contribution in [3.63, 3.8) is 0 Å². The van der Waals surface area contributed by atoms with Gasteiger partial charge in [0.05, 0.1) is 3.79 Å². The minimum atomic E-state index is 0.279. The first-order valence-corrected chi connectivity index (χ1v) is 5.87. The summed E-state index contributed by atoms with van der Waals surface area (Å²) < 4.78 is 1.19. The molecule has 3 heteroatoms. The predicted molar refractivity (Wildman–Crippen MR) is 58.0 cm³/mol. The largest absolute Gasteiger partial charge is 0.295 e. The minimum Gasteiger partial charge on any atom is -0.295 e. The standard InChI is InChI=1S/C10H9BrOS/c11-10-8(3-4-13-10)5-7-1-2-9(12)6-7/h3-4,6H,1-2,5H2. The highest BCUT2D eigenvalue weighted by atomic mass is 79.9. The van der Waals surface area contributed by atoms with Crippen molar-refractivity contribution >= 4 is 33.0 Å². The summed E-state index contributed by atoms with van der Waals surface area (Å²) in [6, 6.07) is 2.11. The van der Waals surface area contributed by atoms with Crippen molar-refractivity contribution in [2.75, 3.05) is 0 Å². The van der Waals surface area contributed by atoms with E-state index >= 15 is 0 Å². The Hall–Kier alpha value is -0.410. The monoisotopic (exact) mass is 256 g/mol. The molecule has 0 fully saturated rings. The van der Waals surface area contributed by atoms with E-state index in [1.165, 1.54) is 14.9 Å². The Kier molecular flexibility index (Phi) is 2.65. The topological polar surface area (TPSA) is 17.1 Å². The van der Waals surface area contributed by atoms with Crippen LogP contribution in [0.3, 0.4) is 0 Å². The zero-order valence-electron chi connectivity index (χ0n) is 7.05. The van der Waals surface area contributed by atoms with Crippen LogP contribution in [0.2, 0.25) is 0 Å². The van der Waals surface area contributed by atoms with Crippen LogP contribution in [0, 0.1) is 0 Å². The van der Waals surface area contributed by atoms with Gasteiger partial charge in [0.25, 0.3) is 0 Å². The van der Waals surface area contributed by atoms with Gasteiger partial charge in [-0.15, -0.1) is 11.3 Å². The predicted octanol–water partition coefficient (Wildman–Crippen LogP) is 3.34. The minimum absolute atomic E-state index is 0.279. The van der Waals surface area contributed by atoms with Crippen LogP contribution in [0.4, 0.5) is 0 Å². The molecule has 13 heavy (non-hydrogen) atoms. The molecule has 1 aromatic rings. The molecule has 0 unspecified atom stereocenters. The lowest BCUT2D eigenvalue weighted by Crippen LogP contribution is -1.85. The SMILES string of the molecule is O=C1C=C(Cc2ccsc2Br)CC1. The number of carbonyl (C=O) groups excluding carboxylic acids is 1. The van der Waals surface area contributed by atoms with E-state index in [9.17, 15) is 4.79 Å². The van der Waals surface area contributed by atoms with E-state index < -0.39 is 0 Å². The molecule has 0 spiro atoms. The van der Waals surface area contributed by atoms with E-state index in [1.54, 1.807) is 17.4 Å². The summed E-state index contributed by atoms with van der Waals surface area (Å²) in [4.78, 5) is 11.0. The fourth-order valence-electron chi connectivity index (χ4n) is 1.49. The van der Waals surface area contributed by atoms with Crippen molar-refractivity contribution in [1.82, 2.24) is 0 Å². The third-order valence-corrected chi connectivity index (χ3v) is 3.98. The number of ketones is 1. The smallest absolute Gasteiger partial charge is 0.155 e. The zero-order valence-corrected chi connectivity index (χ0v) is 9.45. The van der Waals surface area contributed by atoms with E-state index in [2.05, 4.69) is 27.4 Å². The van der Waals surface area contributed by atoms with Gasteiger partial charge in [-0.1, -0.05) is 5.57 Å². The Balaban J connectivity index is 2.11. The lowest BCUT2D eigenvalue weighted by molar-refractivity contribution is -0.114. The molecule has 2 rings (SSSR count). The molecule has 0 atom stereocenters. The highest BCUT2D eigenvalue weighted by Crippen LogP contribution is 2.28. The van der Waals surface area contributed by atoms with Crippen molar-refractivity contribution in [2.24, 2.45) is 0 Å². The first-order valence-electron chi connectivity index (χ1n) is 4.20. The summed E-state index contributed by atoms with van der Waals surface area (Å²) in [5.41, 5.74) is 2.56. The van der Waals surface area contributed by atoms with Gasteiger partial charge in [-0.05, 0) is 51.9 Å². The molecule has 1 nitrogen and oxygen atoms in total. The molecule has 1 aliphatic rings. The summed E-state index contributed by atoms with van der Waals surface area (Å²) in [7, 11) is 0. The van der Waals surface area contributed by atoms with Crippen molar-refractivity contribution in [2.45, 2.75) is 19.3 Å². The summed E-state index contributed by atoms with van der Waals surface area (Å²) in [6.07, 6.45) is 4.37. The van der Waals surface area contributed by atoms with Crippen LogP contribution in [0.15, 0.2) is 26.9 Å². The summed E-state index contributed by atoms with van der Waals surface area (Å²) in [5, 5.41) is 2.07. The van der Waals surface area contributed by atoms with Gasteiger partial charge in [-0.3, -0.25) is 4.79 Å². The molecular formula is C10H9BrOS. The van der Waals surface area contributed by atoms with Gasteiger partial charge < -0.3 is 0 Å². The number of halogens is 1. The van der Waals surface area contributed by atoms with Gasteiger partial charge in [0, 0.05) is 6.42 Å². The van der Waals surface area contributed by atoms with E-state index in [0.29, 0.717) is 6.42 Å². The molecule has 0 bridgehead atoms. The van der Waals surface area contributed by atoms with Crippen molar-refractivity contribution in [3.05, 3.63) is 32.4 Å². The Bertz CT molecular complexity index is 365. The molecule has 0 amide bonds. The quantitative estimate of drug-likeness (QED) is 0.794. The first-order chi connectivity index (χ1) is 6.25. The second-order valence-electron chi connectivity index (χ2n) is 3.17. The maximum absolute atomic E-state index is 11.0. The van der Waals surface area contributed by atoms with E-state index in [-0.39, 0.29) is 5.78 Å². The van der Waals surface area contributed by atoms with Crippen molar-refractivity contribution in [3.8, 4) is 0 Å². The highest BCUT2D eigenvalue weighted by molar-refractivity contribution is 9.11. The Morgan fingerprint density at radius 1 is 1.46 bits per heavy atom. The lowest BCUT2D eigenvalue weighted by Gasteiger charge is -1.98. The Labute approximate surface area is 89.6 Å². The maximum atomic E-state index is 11.0. The molecule has 0 saturated carbocycles. The van der Waals surface area contributed by atoms with Gasteiger partial charge in [0.2, 0.25) is 0 Å². The Morgan fingerprint density at radius 3 is 2.85 bits per heavy atom. The number of allylic oxidation sites excluding steroid dienone is 2. The zero-order chi connectivity index (χ0) is 9.26. The second-order valence-corrected chi connectivity index (χ2v) is 5.40. The van der Waals surface area contributed by atoms with Gasteiger partial charge in [0.1, 0.15) is 0 Å². The maximum Gasteiger partial charge on any atom is 0.155 e. The van der Waals surface area contributed by atoms with Gasteiger partial charge >= 0.3 is 0 Å². The van der Waals surface area contributed by atoms with Crippen LogP contribution in [0.25, 0.3) is 0 Å². The number of hydrogen-bond acceptors (Lipinski definition) is 2. The number of hydrogen-bond donors (Lipinski definition) is 0. The van der Waals surface area contributed by atoms with Gasteiger partial charge in [0.15, 0.2) is 5.78 Å². The second kappa shape index (κ2) is 3.76. The molecule has 1 heterocycles. The molecule has 0 N–H and O–H groups in total. The Morgan fingerprint density at radius 2 is 2.31 bits per heavy atom. The molecular weight excluding hydrogens is 248 g/mol. The highest BCUT2D eigenvalue weighted by Gasteiger charge is 2.13. The third kappa shape index (κ3) is 2.09. The molecule has 68 valence electrons. The molecule has 0 saturated heterocycles. The molecule has 0 radical (unpaired) electrons. The number of carbonyl (C=O) groups is 1. The summed E-state index contributed by atoms with van der Waals surface area (Å²) in [5.74, 6) is 0.279. The number of rotatable bonds is 2. The van der Waals surface area contributed by atoms with Crippen LogP contribution in [-0.2, 0) is 11.2 Å².